The zero-order chi connectivity index (χ0) is 20.2. The maximum Gasteiger partial charge on any atom is 0.324 e. The molecule has 4 heterocycles. The van der Waals surface area contributed by atoms with Crippen LogP contribution in [0.5, 0.6) is 5.75 Å². The van der Waals surface area contributed by atoms with Crippen LogP contribution in [0.3, 0.4) is 0 Å². The van der Waals surface area contributed by atoms with Gasteiger partial charge < -0.3 is 9.64 Å². The number of nitrogens with zero attached hydrogens (tertiary/aromatic N) is 4. The summed E-state index contributed by atoms with van der Waals surface area (Å²) in [7, 11) is -3.57. The summed E-state index contributed by atoms with van der Waals surface area (Å²) in [4.78, 5) is 20.4. The Labute approximate surface area is 173 Å². The highest BCUT2D eigenvalue weighted by Crippen LogP contribution is 2.43. The van der Waals surface area contributed by atoms with Crippen LogP contribution in [0.2, 0.25) is 5.02 Å². The van der Waals surface area contributed by atoms with E-state index in [4.69, 9.17) is 16.3 Å². The van der Waals surface area contributed by atoms with Gasteiger partial charge in [-0.05, 0) is 24.3 Å². The molecular weight excluding hydrogens is 416 g/mol. The van der Waals surface area contributed by atoms with Crippen LogP contribution in [0.1, 0.15) is 0 Å². The molecule has 0 radical (unpaired) electrons. The molecule has 2 fully saturated rings. The van der Waals surface area contributed by atoms with Crippen molar-refractivity contribution in [1.29, 1.82) is 0 Å². The van der Waals surface area contributed by atoms with Gasteiger partial charge in [0, 0.05) is 48.9 Å². The van der Waals surface area contributed by atoms with Crippen molar-refractivity contribution in [2.75, 3.05) is 44.2 Å². The van der Waals surface area contributed by atoms with Crippen molar-refractivity contribution in [3.05, 3.63) is 47.6 Å². The lowest BCUT2D eigenvalue weighted by atomic mass is 9.74. The first-order valence-electron chi connectivity index (χ1n) is 9.28. The molecule has 2 amide bonds. The third-order valence-electron chi connectivity index (χ3n) is 5.60. The molecule has 1 aromatic heterocycles. The first-order chi connectivity index (χ1) is 13.9. The van der Waals surface area contributed by atoms with E-state index in [-0.39, 0.29) is 16.5 Å². The van der Waals surface area contributed by atoms with Crippen molar-refractivity contribution in [2.45, 2.75) is 5.03 Å². The van der Waals surface area contributed by atoms with Crippen molar-refractivity contribution in [2.24, 2.45) is 5.41 Å². The summed E-state index contributed by atoms with van der Waals surface area (Å²) in [5, 5.41) is 0.621. The number of hydrogen-bond donors (Lipinski definition) is 0. The van der Waals surface area contributed by atoms with Gasteiger partial charge in [-0.15, -0.1) is 0 Å². The van der Waals surface area contributed by atoms with Gasteiger partial charge in [0.1, 0.15) is 12.4 Å². The number of rotatable bonds is 2. The number of amides is 2. The molecule has 0 unspecified atom stereocenters. The number of hydrogen-bond acceptors (Lipinski definition) is 5. The Morgan fingerprint density at radius 1 is 1.14 bits per heavy atom. The highest BCUT2D eigenvalue weighted by atomic mass is 35.5. The predicted octanol–water partition coefficient (Wildman–Crippen LogP) is 2.06. The van der Waals surface area contributed by atoms with E-state index >= 15 is 0 Å². The minimum absolute atomic E-state index is 0.0608. The van der Waals surface area contributed by atoms with Gasteiger partial charge in [0.25, 0.3) is 10.0 Å². The number of urea groups is 1. The number of fused-ring (bicyclic) bond motifs is 1. The number of ether oxygens (including phenoxy) is 1. The summed E-state index contributed by atoms with van der Waals surface area (Å²) in [6.45, 7) is 2.78. The number of halogens is 1. The molecule has 29 heavy (non-hydrogen) atoms. The highest BCUT2D eigenvalue weighted by Gasteiger charge is 2.57. The van der Waals surface area contributed by atoms with E-state index in [0.717, 1.165) is 0 Å². The van der Waals surface area contributed by atoms with Gasteiger partial charge in [-0.2, -0.15) is 4.31 Å². The van der Waals surface area contributed by atoms with E-state index in [1.54, 1.807) is 40.1 Å². The lowest BCUT2D eigenvalue weighted by Gasteiger charge is -2.59. The van der Waals surface area contributed by atoms with Crippen molar-refractivity contribution >= 4 is 33.3 Å². The fourth-order valence-corrected chi connectivity index (χ4v) is 5.92. The van der Waals surface area contributed by atoms with Gasteiger partial charge in [-0.3, -0.25) is 4.90 Å². The minimum Gasteiger partial charge on any atom is -0.489 e. The Morgan fingerprint density at radius 3 is 2.66 bits per heavy atom. The molecule has 8 nitrogen and oxygen atoms in total. The molecule has 10 heteroatoms. The van der Waals surface area contributed by atoms with E-state index in [0.29, 0.717) is 55.8 Å². The quantitative estimate of drug-likeness (QED) is 0.722. The van der Waals surface area contributed by atoms with E-state index in [2.05, 4.69) is 4.98 Å². The number of likely N-dealkylation sites (tertiary alicyclic amines) is 1. The zero-order valence-electron chi connectivity index (χ0n) is 15.5. The number of sulfonamides is 1. The predicted molar refractivity (Wildman–Crippen MR) is 107 cm³/mol. The maximum absolute atomic E-state index is 13.0. The lowest BCUT2D eigenvalue weighted by molar-refractivity contribution is -0.0555. The number of pyridine rings is 1. The highest BCUT2D eigenvalue weighted by molar-refractivity contribution is 7.89. The summed E-state index contributed by atoms with van der Waals surface area (Å²) >= 11 is 6.01. The topological polar surface area (TPSA) is 83.1 Å². The number of aromatic nitrogens is 1. The van der Waals surface area contributed by atoms with E-state index < -0.39 is 10.0 Å². The maximum atomic E-state index is 13.0. The van der Waals surface area contributed by atoms with Crippen molar-refractivity contribution in [3.63, 3.8) is 0 Å². The molecule has 2 aromatic rings. The van der Waals surface area contributed by atoms with Gasteiger partial charge >= 0.3 is 6.03 Å². The monoisotopic (exact) mass is 434 g/mol. The van der Waals surface area contributed by atoms with Crippen molar-refractivity contribution < 1.29 is 17.9 Å². The van der Waals surface area contributed by atoms with Crippen molar-refractivity contribution in [3.8, 4) is 5.75 Å². The van der Waals surface area contributed by atoms with Gasteiger partial charge in [-0.25, -0.2) is 18.2 Å². The molecule has 1 spiro atoms. The third kappa shape index (κ3) is 3.04. The Hall–Kier alpha value is -2.36. The Kier molecular flexibility index (Phi) is 4.23. The second-order valence-corrected chi connectivity index (χ2v) is 10.0. The van der Waals surface area contributed by atoms with E-state index in [1.807, 2.05) is 0 Å². The molecule has 0 N–H and O–H groups in total. The average molecular weight is 435 g/mol. The number of benzene rings is 1. The fraction of sp³-hybridized carbons (Fsp3) is 0.368. The smallest absolute Gasteiger partial charge is 0.324 e. The molecule has 0 bridgehead atoms. The normalized spacial score (nSPS) is 20.4. The van der Waals surface area contributed by atoms with Crippen LogP contribution in [0.4, 0.5) is 10.5 Å². The average Bonchev–Trinajstić information content (AvgIpc) is 2.65. The molecule has 3 aliphatic heterocycles. The van der Waals surface area contributed by atoms with Crippen LogP contribution in [-0.4, -0.2) is 68.0 Å². The molecule has 5 rings (SSSR count). The molecule has 0 aliphatic carbocycles. The summed E-state index contributed by atoms with van der Waals surface area (Å²) < 4.78 is 32.3. The minimum atomic E-state index is -3.57. The zero-order valence-corrected chi connectivity index (χ0v) is 17.1. The van der Waals surface area contributed by atoms with Gasteiger partial charge in [-0.1, -0.05) is 17.7 Å². The molecule has 2 saturated heterocycles. The molecular formula is C19H19ClN4O4S. The van der Waals surface area contributed by atoms with Crippen molar-refractivity contribution in [1.82, 2.24) is 14.2 Å². The third-order valence-corrected chi connectivity index (χ3v) is 7.55. The summed E-state index contributed by atoms with van der Waals surface area (Å²) in [6.07, 6.45) is 1.47. The fourth-order valence-electron chi connectivity index (χ4n) is 4.17. The Bertz CT molecular complexity index is 1060. The van der Waals surface area contributed by atoms with Crippen LogP contribution in [-0.2, 0) is 10.0 Å². The van der Waals surface area contributed by atoms with E-state index in [1.165, 1.54) is 16.6 Å². The first kappa shape index (κ1) is 18.7. The first-order valence-corrected chi connectivity index (χ1v) is 11.1. The number of anilines is 1. The Morgan fingerprint density at radius 2 is 1.93 bits per heavy atom. The summed E-state index contributed by atoms with van der Waals surface area (Å²) in [5.74, 6) is 0.601. The molecule has 0 saturated carbocycles. The van der Waals surface area contributed by atoms with Gasteiger partial charge in [0.15, 0.2) is 5.03 Å². The van der Waals surface area contributed by atoms with Crippen LogP contribution in [0.25, 0.3) is 0 Å². The number of carbonyl (C=O) groups is 1. The molecule has 3 aliphatic rings. The standard InChI is InChI=1S/C19H19ClN4O4S/c20-14-4-5-15-16(9-14)28-8-7-24(15)18(25)22-10-19(11-22)12-23(13-19)29(26,27)17-3-1-2-6-21-17/h1-6,9H,7-8,10-13H2. The summed E-state index contributed by atoms with van der Waals surface area (Å²) in [6, 6.07) is 9.98. The second-order valence-electron chi connectivity index (χ2n) is 7.69. The van der Waals surface area contributed by atoms with Crippen LogP contribution in [0, 0.1) is 5.41 Å². The summed E-state index contributed by atoms with van der Waals surface area (Å²) in [5.41, 5.74) is 0.548. The SMILES string of the molecule is O=C(N1CC2(C1)CN(S(=O)(=O)c1ccccn1)C2)N1CCOc2cc(Cl)ccc21. The molecule has 0 atom stereocenters. The van der Waals surface area contributed by atoms with Crippen LogP contribution in [0.15, 0.2) is 47.6 Å². The lowest BCUT2D eigenvalue weighted by Crippen LogP contribution is -2.74. The van der Waals surface area contributed by atoms with Gasteiger partial charge in [0.2, 0.25) is 0 Å². The van der Waals surface area contributed by atoms with Gasteiger partial charge in [0.05, 0.1) is 12.2 Å². The Balaban J connectivity index is 1.23. The second kappa shape index (κ2) is 6.58. The van der Waals surface area contributed by atoms with Crippen LogP contribution >= 0.6 is 11.6 Å². The molecule has 1 aromatic carbocycles. The largest absolute Gasteiger partial charge is 0.489 e. The molecule has 152 valence electrons. The van der Waals surface area contributed by atoms with Crippen LogP contribution < -0.4 is 9.64 Å². The van der Waals surface area contributed by atoms with E-state index in [9.17, 15) is 13.2 Å². The number of carbonyl (C=O) groups excluding carboxylic acids is 1.